The molecule has 2 aromatic carbocycles. The van der Waals surface area contributed by atoms with E-state index in [4.69, 9.17) is 0 Å². The van der Waals surface area contributed by atoms with Gasteiger partial charge in [0, 0.05) is 10.3 Å². The Morgan fingerprint density at radius 3 is 2.86 bits per heavy atom. The summed E-state index contributed by atoms with van der Waals surface area (Å²) in [6.07, 6.45) is 0.397. The Labute approximate surface area is 135 Å². The number of rotatable bonds is 3. The van der Waals surface area contributed by atoms with Crippen LogP contribution in [0.3, 0.4) is 0 Å². The molecule has 108 valence electrons. The molecule has 0 aliphatic carbocycles. The number of hydrogen-bond acceptors (Lipinski definition) is 4. The Bertz CT molecular complexity index is 957. The summed E-state index contributed by atoms with van der Waals surface area (Å²) in [4.78, 5) is 17.7. The van der Waals surface area contributed by atoms with Crippen LogP contribution in [0.2, 0.25) is 0 Å². The lowest BCUT2D eigenvalue weighted by molar-refractivity contribution is -0.115. The predicted octanol–water partition coefficient (Wildman–Crippen LogP) is 4.69. The second-order valence-corrected chi connectivity index (χ2v) is 6.99. The first-order chi connectivity index (χ1) is 10.8. The quantitative estimate of drug-likeness (QED) is 0.594. The fraction of sp³-hybridized carbons (Fsp3) is 0.0588. The van der Waals surface area contributed by atoms with E-state index in [2.05, 4.69) is 28.5 Å². The van der Waals surface area contributed by atoms with Crippen molar-refractivity contribution in [2.75, 3.05) is 5.32 Å². The second kappa shape index (κ2) is 5.51. The van der Waals surface area contributed by atoms with Gasteiger partial charge in [0.15, 0.2) is 5.13 Å². The molecule has 4 aromatic rings. The number of fused-ring (bicyclic) bond motifs is 3. The zero-order chi connectivity index (χ0) is 14.9. The Kier molecular flexibility index (Phi) is 3.36. The molecule has 2 heterocycles. The number of benzene rings is 2. The smallest absolute Gasteiger partial charge is 0.231 e. The molecule has 4 rings (SSSR count). The maximum atomic E-state index is 12.1. The van der Waals surface area contributed by atoms with E-state index in [9.17, 15) is 4.79 Å². The minimum atomic E-state index is -0.0224. The molecule has 0 spiro atoms. The zero-order valence-corrected chi connectivity index (χ0v) is 13.2. The number of carbonyl (C=O) groups is 1. The summed E-state index contributed by atoms with van der Waals surface area (Å²) in [7, 11) is 0. The van der Waals surface area contributed by atoms with E-state index in [1.807, 2.05) is 35.7 Å². The molecule has 0 atom stereocenters. The van der Waals surface area contributed by atoms with Crippen LogP contribution >= 0.6 is 22.7 Å². The molecule has 5 heteroatoms. The van der Waals surface area contributed by atoms with Gasteiger partial charge in [0.05, 0.1) is 16.6 Å². The number of anilines is 1. The molecule has 0 fully saturated rings. The van der Waals surface area contributed by atoms with Crippen LogP contribution in [0.4, 0.5) is 5.13 Å². The van der Waals surface area contributed by atoms with Crippen molar-refractivity contribution in [2.24, 2.45) is 0 Å². The Balaban J connectivity index is 1.65. The van der Waals surface area contributed by atoms with E-state index in [-0.39, 0.29) is 5.91 Å². The van der Waals surface area contributed by atoms with Gasteiger partial charge in [0.25, 0.3) is 0 Å². The van der Waals surface area contributed by atoms with E-state index >= 15 is 0 Å². The van der Waals surface area contributed by atoms with E-state index in [0.29, 0.717) is 11.6 Å². The highest BCUT2D eigenvalue weighted by atomic mass is 32.1. The summed E-state index contributed by atoms with van der Waals surface area (Å²) < 4.78 is 1.12. The number of nitrogens with one attached hydrogen (secondary N) is 1. The fourth-order valence-electron chi connectivity index (χ4n) is 2.44. The molecular weight excluding hydrogens is 312 g/mol. The van der Waals surface area contributed by atoms with E-state index in [1.54, 1.807) is 11.3 Å². The van der Waals surface area contributed by atoms with Crippen LogP contribution < -0.4 is 5.32 Å². The molecule has 0 radical (unpaired) electrons. The third-order valence-corrected chi connectivity index (χ3v) is 5.34. The largest absolute Gasteiger partial charge is 0.302 e. The first-order valence-corrected chi connectivity index (χ1v) is 8.60. The molecule has 1 amide bonds. The maximum Gasteiger partial charge on any atom is 0.231 e. The lowest BCUT2D eigenvalue weighted by Gasteiger charge is -1.98. The molecule has 0 aliphatic heterocycles. The van der Waals surface area contributed by atoms with Crippen LogP contribution in [-0.4, -0.2) is 10.9 Å². The summed E-state index contributed by atoms with van der Waals surface area (Å²) in [5, 5.41) is 7.92. The van der Waals surface area contributed by atoms with Gasteiger partial charge in [0.1, 0.15) is 0 Å². The van der Waals surface area contributed by atoms with Gasteiger partial charge in [-0.2, -0.15) is 0 Å². The van der Waals surface area contributed by atoms with Crippen molar-refractivity contribution in [3.05, 3.63) is 58.8 Å². The number of hydrogen-bond donors (Lipinski definition) is 1. The topological polar surface area (TPSA) is 42.0 Å². The van der Waals surface area contributed by atoms with Gasteiger partial charge in [-0.3, -0.25) is 4.79 Å². The first kappa shape index (κ1) is 13.4. The van der Waals surface area contributed by atoms with Crippen LogP contribution in [-0.2, 0) is 11.2 Å². The highest BCUT2D eigenvalue weighted by molar-refractivity contribution is 7.23. The van der Waals surface area contributed by atoms with Crippen molar-refractivity contribution in [2.45, 2.75) is 6.42 Å². The van der Waals surface area contributed by atoms with Crippen LogP contribution in [0.1, 0.15) is 4.88 Å². The van der Waals surface area contributed by atoms with E-state index in [1.165, 1.54) is 22.1 Å². The van der Waals surface area contributed by atoms with Crippen molar-refractivity contribution in [1.82, 2.24) is 4.98 Å². The summed E-state index contributed by atoms with van der Waals surface area (Å²) in [5.41, 5.74) is 0.926. The van der Waals surface area contributed by atoms with Crippen molar-refractivity contribution in [3.8, 4) is 0 Å². The molecule has 1 N–H and O–H groups in total. The van der Waals surface area contributed by atoms with Gasteiger partial charge in [-0.05, 0) is 22.9 Å². The molecule has 0 saturated heterocycles. The maximum absolute atomic E-state index is 12.1. The van der Waals surface area contributed by atoms with Crippen LogP contribution in [0.15, 0.2) is 53.9 Å². The normalized spacial score (nSPS) is 11.1. The molecule has 2 aromatic heterocycles. The predicted molar refractivity (Wildman–Crippen MR) is 93.8 cm³/mol. The highest BCUT2D eigenvalue weighted by Crippen LogP contribution is 2.32. The summed E-state index contributed by atoms with van der Waals surface area (Å²) in [5.74, 6) is -0.0224. The summed E-state index contributed by atoms with van der Waals surface area (Å²) in [6.45, 7) is 0. The number of nitrogens with zero attached hydrogens (tertiary/aromatic N) is 1. The SMILES string of the molecule is O=C(Cc1cccs1)Nc1nc2ccc3ccccc3c2s1. The van der Waals surface area contributed by atoms with Gasteiger partial charge in [-0.25, -0.2) is 4.98 Å². The molecular formula is C17H12N2OS2. The molecule has 22 heavy (non-hydrogen) atoms. The third-order valence-electron chi connectivity index (χ3n) is 3.44. The minimum absolute atomic E-state index is 0.0224. The molecule has 0 saturated carbocycles. The Hall–Kier alpha value is -2.24. The second-order valence-electron chi connectivity index (χ2n) is 4.96. The lowest BCUT2D eigenvalue weighted by Crippen LogP contribution is -2.13. The van der Waals surface area contributed by atoms with Gasteiger partial charge < -0.3 is 5.32 Å². The fourth-order valence-corrected chi connectivity index (χ4v) is 4.16. The molecule has 0 bridgehead atoms. The molecule has 0 aliphatic rings. The Morgan fingerprint density at radius 2 is 2.00 bits per heavy atom. The number of aromatic nitrogens is 1. The van der Waals surface area contributed by atoms with Crippen molar-refractivity contribution in [1.29, 1.82) is 0 Å². The van der Waals surface area contributed by atoms with Gasteiger partial charge in [0.2, 0.25) is 5.91 Å². The van der Waals surface area contributed by atoms with Gasteiger partial charge in [-0.1, -0.05) is 47.7 Å². The minimum Gasteiger partial charge on any atom is -0.302 e. The van der Waals surface area contributed by atoms with Gasteiger partial charge in [-0.15, -0.1) is 11.3 Å². The van der Waals surface area contributed by atoms with Crippen LogP contribution in [0, 0.1) is 0 Å². The van der Waals surface area contributed by atoms with E-state index in [0.717, 1.165) is 15.1 Å². The lowest BCUT2D eigenvalue weighted by atomic mass is 10.1. The zero-order valence-electron chi connectivity index (χ0n) is 11.6. The highest BCUT2D eigenvalue weighted by Gasteiger charge is 2.10. The number of carbonyl (C=O) groups excluding carboxylic acids is 1. The monoisotopic (exact) mass is 324 g/mol. The van der Waals surface area contributed by atoms with Crippen LogP contribution in [0.5, 0.6) is 0 Å². The van der Waals surface area contributed by atoms with Crippen molar-refractivity contribution >= 4 is 54.7 Å². The van der Waals surface area contributed by atoms with Crippen LogP contribution in [0.25, 0.3) is 21.0 Å². The van der Waals surface area contributed by atoms with E-state index < -0.39 is 0 Å². The van der Waals surface area contributed by atoms with Crippen molar-refractivity contribution in [3.63, 3.8) is 0 Å². The third kappa shape index (κ3) is 2.49. The van der Waals surface area contributed by atoms with Crippen molar-refractivity contribution < 1.29 is 4.79 Å². The Morgan fingerprint density at radius 1 is 1.09 bits per heavy atom. The average molecular weight is 324 g/mol. The average Bonchev–Trinajstić information content (AvgIpc) is 3.16. The molecule has 3 nitrogen and oxygen atoms in total. The number of amides is 1. The molecule has 0 unspecified atom stereocenters. The number of thiophene rings is 1. The summed E-state index contributed by atoms with van der Waals surface area (Å²) in [6, 6.07) is 16.2. The van der Waals surface area contributed by atoms with Gasteiger partial charge >= 0.3 is 0 Å². The first-order valence-electron chi connectivity index (χ1n) is 6.90. The standard InChI is InChI=1S/C17H12N2OS2/c20-15(10-12-5-3-9-21-12)19-17-18-14-8-7-11-4-1-2-6-13(11)16(14)22-17/h1-9H,10H2,(H,18,19,20). The number of thiazole rings is 1. The summed E-state index contributed by atoms with van der Waals surface area (Å²) >= 11 is 3.12.